The van der Waals surface area contributed by atoms with Gasteiger partial charge in [0.15, 0.2) is 0 Å². The average molecular weight is 315 g/mol. The Morgan fingerprint density at radius 1 is 1.38 bits per heavy atom. The van der Waals surface area contributed by atoms with Gasteiger partial charge in [0.25, 0.3) is 0 Å². The minimum absolute atomic E-state index is 0.575. The van der Waals surface area contributed by atoms with Crippen LogP contribution < -0.4 is 10.2 Å². The molecular formula is C16H27ClN2O2. The van der Waals surface area contributed by atoms with Crippen molar-refractivity contribution in [3.63, 3.8) is 0 Å². The van der Waals surface area contributed by atoms with Crippen LogP contribution in [0.2, 0.25) is 5.02 Å². The molecule has 0 radical (unpaired) electrons. The maximum atomic E-state index is 9.97. The van der Waals surface area contributed by atoms with Crippen LogP contribution in [0.5, 0.6) is 0 Å². The summed E-state index contributed by atoms with van der Waals surface area (Å²) in [5.41, 5.74) is 1.36. The van der Waals surface area contributed by atoms with Crippen LogP contribution in [0.15, 0.2) is 18.2 Å². The van der Waals surface area contributed by atoms with E-state index in [1.807, 2.05) is 26.0 Å². The molecule has 0 atom stereocenters. The number of likely N-dealkylation sites (N-methyl/N-ethyl adjacent to an activating group) is 1. The predicted octanol–water partition coefficient (Wildman–Crippen LogP) is 2.67. The molecule has 2 N–H and O–H groups in total. The van der Waals surface area contributed by atoms with Gasteiger partial charge in [0, 0.05) is 44.0 Å². The molecule has 0 fully saturated rings. The zero-order valence-corrected chi connectivity index (χ0v) is 14.2. The minimum Gasteiger partial charge on any atom is -0.389 e. The predicted molar refractivity (Wildman–Crippen MR) is 89.2 cm³/mol. The van der Waals surface area contributed by atoms with Crippen molar-refractivity contribution >= 4 is 17.3 Å². The lowest BCUT2D eigenvalue weighted by molar-refractivity contribution is 0.0876. The lowest BCUT2D eigenvalue weighted by atomic mass is 10.1. The van der Waals surface area contributed by atoms with Gasteiger partial charge in [-0.15, -0.1) is 0 Å². The molecule has 0 aliphatic rings. The van der Waals surface area contributed by atoms with Crippen molar-refractivity contribution in [3.8, 4) is 0 Å². The van der Waals surface area contributed by atoms with Crippen LogP contribution in [0.25, 0.3) is 0 Å². The summed E-state index contributed by atoms with van der Waals surface area (Å²) in [5.74, 6) is 0. The normalized spacial score (nSPS) is 11.7. The first-order valence-electron chi connectivity index (χ1n) is 7.32. The molecule has 0 saturated heterocycles. The van der Waals surface area contributed by atoms with Crippen molar-refractivity contribution in [1.82, 2.24) is 5.32 Å². The number of rotatable bonds is 9. The van der Waals surface area contributed by atoms with E-state index in [4.69, 9.17) is 16.3 Å². The number of hydrogen-bond donors (Lipinski definition) is 2. The highest BCUT2D eigenvalue weighted by molar-refractivity contribution is 6.31. The molecule has 0 bridgehead atoms. The smallest absolute Gasteiger partial charge is 0.0765 e. The highest BCUT2D eigenvalue weighted by Gasteiger charge is 2.18. The fourth-order valence-corrected chi connectivity index (χ4v) is 2.37. The van der Waals surface area contributed by atoms with Crippen molar-refractivity contribution in [2.75, 3.05) is 38.3 Å². The Balaban J connectivity index is 2.71. The Kier molecular flexibility index (Phi) is 7.46. The lowest BCUT2D eigenvalue weighted by Gasteiger charge is -2.30. The molecule has 0 heterocycles. The zero-order chi connectivity index (χ0) is 15.9. The van der Waals surface area contributed by atoms with Gasteiger partial charge >= 0.3 is 0 Å². The van der Waals surface area contributed by atoms with E-state index in [1.54, 1.807) is 7.11 Å². The highest BCUT2D eigenvalue weighted by Crippen LogP contribution is 2.25. The van der Waals surface area contributed by atoms with Crippen LogP contribution in [0.4, 0.5) is 5.69 Å². The van der Waals surface area contributed by atoms with E-state index in [0.29, 0.717) is 13.2 Å². The second-order valence-electron chi connectivity index (χ2n) is 5.77. The fourth-order valence-electron chi connectivity index (χ4n) is 2.13. The Bertz CT molecular complexity index is 433. The summed E-state index contributed by atoms with van der Waals surface area (Å²) < 4.78 is 5.00. The van der Waals surface area contributed by atoms with Gasteiger partial charge in [-0.1, -0.05) is 17.7 Å². The van der Waals surface area contributed by atoms with E-state index in [0.717, 1.165) is 35.9 Å². The van der Waals surface area contributed by atoms with Gasteiger partial charge in [0.1, 0.15) is 0 Å². The molecule has 0 amide bonds. The van der Waals surface area contributed by atoms with Gasteiger partial charge in [0.2, 0.25) is 0 Å². The number of nitrogens with one attached hydrogen (secondary N) is 1. The summed E-state index contributed by atoms with van der Waals surface area (Å²) in [4.78, 5) is 2.12. The van der Waals surface area contributed by atoms with Crippen LogP contribution in [0, 0.1) is 0 Å². The topological polar surface area (TPSA) is 44.7 Å². The molecule has 0 unspecified atom stereocenters. The van der Waals surface area contributed by atoms with Gasteiger partial charge < -0.3 is 20.1 Å². The summed E-state index contributed by atoms with van der Waals surface area (Å²) in [5, 5.41) is 14.0. The Morgan fingerprint density at radius 3 is 2.62 bits per heavy atom. The van der Waals surface area contributed by atoms with Gasteiger partial charge in [0.05, 0.1) is 12.2 Å². The molecule has 1 aromatic carbocycles. The van der Waals surface area contributed by atoms with Crippen LogP contribution in [-0.4, -0.2) is 44.1 Å². The minimum atomic E-state index is -0.733. The van der Waals surface area contributed by atoms with E-state index >= 15 is 0 Å². The molecule has 120 valence electrons. The summed E-state index contributed by atoms with van der Waals surface area (Å²) in [6.45, 7) is 9.30. The number of hydrogen-bond acceptors (Lipinski definition) is 4. The van der Waals surface area contributed by atoms with E-state index in [2.05, 4.69) is 23.2 Å². The summed E-state index contributed by atoms with van der Waals surface area (Å²) in [6.07, 6.45) is 0. The van der Waals surface area contributed by atoms with E-state index in [-0.39, 0.29) is 0 Å². The quantitative estimate of drug-likeness (QED) is 0.688. The highest BCUT2D eigenvalue weighted by atomic mass is 35.5. The number of halogens is 1. The third-order valence-corrected chi connectivity index (χ3v) is 3.51. The Hall–Kier alpha value is -0.810. The first-order chi connectivity index (χ1) is 9.87. The number of nitrogens with zero attached hydrogens (tertiary/aromatic N) is 1. The van der Waals surface area contributed by atoms with Crippen LogP contribution in [0.1, 0.15) is 26.3 Å². The van der Waals surface area contributed by atoms with Gasteiger partial charge in [-0.25, -0.2) is 0 Å². The zero-order valence-electron chi connectivity index (χ0n) is 13.4. The van der Waals surface area contributed by atoms with Gasteiger partial charge in [-0.05, 0) is 38.5 Å². The molecule has 0 spiro atoms. The standard InChI is InChI=1S/C16H27ClN2O2/c1-5-19(12-16(2,3)20)14-7-6-13(15(17)10-14)11-18-8-9-21-4/h6-7,10,18,20H,5,8-9,11-12H2,1-4H3. The molecule has 0 aromatic heterocycles. The molecule has 5 heteroatoms. The monoisotopic (exact) mass is 314 g/mol. The van der Waals surface area contributed by atoms with Crippen LogP contribution >= 0.6 is 11.6 Å². The van der Waals surface area contributed by atoms with E-state index < -0.39 is 5.60 Å². The first kappa shape index (κ1) is 18.2. The molecule has 0 saturated carbocycles. The van der Waals surface area contributed by atoms with Crippen LogP contribution in [0.3, 0.4) is 0 Å². The Morgan fingerprint density at radius 2 is 2.10 bits per heavy atom. The number of benzene rings is 1. The fraction of sp³-hybridized carbons (Fsp3) is 0.625. The summed E-state index contributed by atoms with van der Waals surface area (Å²) in [7, 11) is 1.69. The first-order valence-corrected chi connectivity index (χ1v) is 7.70. The molecule has 4 nitrogen and oxygen atoms in total. The molecular weight excluding hydrogens is 288 g/mol. The van der Waals surface area contributed by atoms with Crippen molar-refractivity contribution in [1.29, 1.82) is 0 Å². The SMILES string of the molecule is CCN(CC(C)(C)O)c1ccc(CNCCOC)c(Cl)c1. The lowest BCUT2D eigenvalue weighted by Crippen LogP contribution is -2.38. The Labute approximate surface area is 133 Å². The molecule has 21 heavy (non-hydrogen) atoms. The number of methoxy groups -OCH3 is 1. The number of aliphatic hydroxyl groups is 1. The van der Waals surface area contributed by atoms with Gasteiger partial charge in [-0.3, -0.25) is 0 Å². The third kappa shape index (κ3) is 6.66. The van der Waals surface area contributed by atoms with Crippen molar-refractivity contribution in [2.24, 2.45) is 0 Å². The maximum absolute atomic E-state index is 9.97. The van der Waals surface area contributed by atoms with Crippen molar-refractivity contribution in [3.05, 3.63) is 28.8 Å². The summed E-state index contributed by atoms with van der Waals surface area (Å²) >= 11 is 6.35. The second kappa shape index (κ2) is 8.59. The van der Waals surface area contributed by atoms with Crippen molar-refractivity contribution < 1.29 is 9.84 Å². The molecule has 0 aliphatic heterocycles. The number of anilines is 1. The van der Waals surface area contributed by atoms with Crippen molar-refractivity contribution in [2.45, 2.75) is 32.9 Å². The number of ether oxygens (including phenoxy) is 1. The summed E-state index contributed by atoms with van der Waals surface area (Å²) in [6, 6.07) is 6.04. The molecule has 0 aliphatic carbocycles. The average Bonchev–Trinajstić information content (AvgIpc) is 2.41. The van der Waals surface area contributed by atoms with Crippen LogP contribution in [-0.2, 0) is 11.3 Å². The second-order valence-corrected chi connectivity index (χ2v) is 6.18. The van der Waals surface area contributed by atoms with E-state index in [1.165, 1.54) is 0 Å². The maximum Gasteiger partial charge on any atom is 0.0765 e. The van der Waals surface area contributed by atoms with Gasteiger partial charge in [-0.2, -0.15) is 0 Å². The molecule has 1 rings (SSSR count). The largest absolute Gasteiger partial charge is 0.389 e. The molecule has 1 aromatic rings. The third-order valence-electron chi connectivity index (χ3n) is 3.16. The van der Waals surface area contributed by atoms with E-state index in [9.17, 15) is 5.11 Å².